The zero-order valence-corrected chi connectivity index (χ0v) is 23.1. The van der Waals surface area contributed by atoms with Crippen LogP contribution in [0.15, 0.2) is 91.1 Å². The molecule has 1 N–H and O–H groups in total. The lowest BCUT2D eigenvalue weighted by Crippen LogP contribution is -2.44. The third-order valence-electron chi connectivity index (χ3n) is 6.41. The number of carbonyl (C=O) groups excluding carboxylic acids is 1. The first-order valence-electron chi connectivity index (χ1n) is 12.8. The van der Waals surface area contributed by atoms with Crippen molar-refractivity contribution < 1.29 is 4.79 Å². The van der Waals surface area contributed by atoms with E-state index in [1.54, 1.807) is 6.07 Å². The highest BCUT2D eigenvalue weighted by molar-refractivity contribution is 7.98. The fourth-order valence-electron chi connectivity index (χ4n) is 4.48. The molecule has 1 fully saturated rings. The molecule has 0 atom stereocenters. The molecule has 1 aliphatic rings. The number of nitrogens with zero attached hydrogens (tertiary/aromatic N) is 4. The predicted molar refractivity (Wildman–Crippen MR) is 158 cm³/mol. The summed E-state index contributed by atoms with van der Waals surface area (Å²) in [5.41, 5.74) is 3.03. The van der Waals surface area contributed by atoms with Crippen LogP contribution in [0.1, 0.15) is 34.3 Å². The summed E-state index contributed by atoms with van der Waals surface area (Å²) in [6, 6.07) is 20.2. The SMILES string of the molecule is C=CCN(CC=C)c1cc(Cl)nc(SCc2cccc(C(=O)NC3CCN(Cc4ccccc4)CC3)c2)n1. The van der Waals surface area contributed by atoms with Crippen molar-refractivity contribution in [2.24, 2.45) is 0 Å². The molecule has 6 nitrogen and oxygen atoms in total. The second kappa shape index (κ2) is 14.1. The number of hydrogen-bond donors (Lipinski definition) is 1. The van der Waals surface area contributed by atoms with E-state index in [0.717, 1.165) is 43.9 Å². The number of aromatic nitrogens is 2. The van der Waals surface area contributed by atoms with Gasteiger partial charge in [-0.25, -0.2) is 9.97 Å². The maximum atomic E-state index is 13.0. The number of likely N-dealkylation sites (tertiary alicyclic amines) is 1. The summed E-state index contributed by atoms with van der Waals surface area (Å²) in [5, 5.41) is 4.21. The zero-order valence-electron chi connectivity index (χ0n) is 21.6. The summed E-state index contributed by atoms with van der Waals surface area (Å²) in [6.45, 7) is 11.8. The topological polar surface area (TPSA) is 61.4 Å². The number of anilines is 1. The number of nitrogens with one attached hydrogen (secondary N) is 1. The van der Waals surface area contributed by atoms with Gasteiger partial charge in [-0.05, 0) is 36.1 Å². The smallest absolute Gasteiger partial charge is 0.251 e. The third-order valence-corrected chi connectivity index (χ3v) is 7.52. The maximum absolute atomic E-state index is 13.0. The first-order chi connectivity index (χ1) is 18.5. The van der Waals surface area contributed by atoms with Gasteiger partial charge in [0.15, 0.2) is 5.16 Å². The van der Waals surface area contributed by atoms with Crippen LogP contribution in [0.25, 0.3) is 0 Å². The molecule has 0 saturated carbocycles. The van der Waals surface area contributed by atoms with Gasteiger partial charge in [0.25, 0.3) is 5.91 Å². The third kappa shape index (κ3) is 8.18. The lowest BCUT2D eigenvalue weighted by atomic mass is 10.0. The van der Waals surface area contributed by atoms with Crippen LogP contribution in [0.4, 0.5) is 5.82 Å². The van der Waals surface area contributed by atoms with E-state index in [9.17, 15) is 4.79 Å². The number of halogens is 1. The molecule has 2 aromatic carbocycles. The summed E-state index contributed by atoms with van der Waals surface area (Å²) < 4.78 is 0. The van der Waals surface area contributed by atoms with Crippen LogP contribution < -0.4 is 10.2 Å². The highest BCUT2D eigenvalue weighted by atomic mass is 35.5. The van der Waals surface area contributed by atoms with Crippen LogP contribution in [0.2, 0.25) is 5.15 Å². The standard InChI is InChI=1S/C30H34ClN5OS/c1-3-15-36(16-4-2)28-20-27(31)33-30(34-28)38-22-24-11-8-12-25(19-24)29(37)32-26-13-17-35(18-14-26)21-23-9-6-5-7-10-23/h3-12,19-20,26H,1-2,13-18,21-22H2,(H,32,37). The van der Waals surface area contributed by atoms with Gasteiger partial charge >= 0.3 is 0 Å². The van der Waals surface area contributed by atoms with Crippen LogP contribution in [0.5, 0.6) is 0 Å². The fraction of sp³-hybridized carbons (Fsp3) is 0.300. The summed E-state index contributed by atoms with van der Waals surface area (Å²) in [5.74, 6) is 1.33. The van der Waals surface area contributed by atoms with Gasteiger partial charge in [-0.1, -0.05) is 78.0 Å². The Kier molecular flexibility index (Phi) is 10.4. The molecule has 0 unspecified atom stereocenters. The quantitative estimate of drug-likeness (QED) is 0.130. The molecule has 1 amide bonds. The second-order valence-corrected chi connectivity index (χ2v) is 10.6. The van der Waals surface area contributed by atoms with Gasteiger partial charge in [0, 0.05) is 56.1 Å². The number of piperidine rings is 1. The molecule has 2 heterocycles. The highest BCUT2D eigenvalue weighted by Gasteiger charge is 2.21. The minimum absolute atomic E-state index is 0.0239. The fourth-order valence-corrected chi connectivity index (χ4v) is 5.51. The van der Waals surface area contributed by atoms with Gasteiger partial charge in [-0.2, -0.15) is 0 Å². The Labute approximate surface area is 234 Å². The largest absolute Gasteiger partial charge is 0.349 e. The van der Waals surface area contributed by atoms with Gasteiger partial charge < -0.3 is 10.2 Å². The van der Waals surface area contributed by atoms with Gasteiger partial charge in [-0.3, -0.25) is 9.69 Å². The van der Waals surface area contributed by atoms with Crippen molar-refractivity contribution in [1.29, 1.82) is 0 Å². The van der Waals surface area contributed by atoms with E-state index in [-0.39, 0.29) is 11.9 Å². The van der Waals surface area contributed by atoms with E-state index in [2.05, 4.69) is 57.6 Å². The monoisotopic (exact) mass is 547 g/mol. The van der Waals surface area contributed by atoms with Crippen molar-refractivity contribution >= 4 is 35.1 Å². The Balaban J connectivity index is 1.30. The van der Waals surface area contributed by atoms with Gasteiger partial charge in [-0.15, -0.1) is 13.2 Å². The van der Waals surface area contributed by atoms with Gasteiger partial charge in [0.1, 0.15) is 11.0 Å². The predicted octanol–water partition coefficient (Wildman–Crippen LogP) is 6.00. The number of amides is 1. The van der Waals surface area contributed by atoms with Crippen LogP contribution in [-0.2, 0) is 12.3 Å². The highest BCUT2D eigenvalue weighted by Crippen LogP contribution is 2.25. The minimum atomic E-state index is -0.0239. The number of rotatable bonds is 12. The van der Waals surface area contributed by atoms with Crippen molar-refractivity contribution in [3.63, 3.8) is 0 Å². The first-order valence-corrected chi connectivity index (χ1v) is 14.2. The van der Waals surface area contributed by atoms with E-state index in [1.807, 2.05) is 47.4 Å². The number of benzene rings is 2. The zero-order chi connectivity index (χ0) is 26.7. The van der Waals surface area contributed by atoms with Crippen LogP contribution in [0, 0.1) is 0 Å². The Bertz CT molecular complexity index is 1220. The number of carbonyl (C=O) groups is 1. The molecule has 0 aliphatic carbocycles. The van der Waals surface area contributed by atoms with Crippen molar-refractivity contribution in [3.05, 3.63) is 108 Å². The summed E-state index contributed by atoms with van der Waals surface area (Å²) >= 11 is 7.78. The van der Waals surface area contributed by atoms with E-state index < -0.39 is 0 Å². The van der Waals surface area contributed by atoms with Gasteiger partial charge in [0.05, 0.1) is 0 Å². The van der Waals surface area contributed by atoms with E-state index in [4.69, 9.17) is 11.6 Å². The van der Waals surface area contributed by atoms with Crippen molar-refractivity contribution in [1.82, 2.24) is 20.2 Å². The molecule has 0 spiro atoms. The number of thioether (sulfide) groups is 1. The summed E-state index contributed by atoms with van der Waals surface area (Å²) in [7, 11) is 0. The molecule has 198 valence electrons. The Morgan fingerprint density at radius 3 is 2.45 bits per heavy atom. The molecule has 0 bridgehead atoms. The first kappa shape index (κ1) is 27.9. The molecule has 8 heteroatoms. The molecular formula is C30H34ClN5OS. The Morgan fingerprint density at radius 2 is 1.74 bits per heavy atom. The summed E-state index contributed by atoms with van der Waals surface area (Å²) in [6.07, 6.45) is 5.54. The second-order valence-electron chi connectivity index (χ2n) is 9.31. The molecule has 1 aromatic heterocycles. The van der Waals surface area contributed by atoms with Crippen LogP contribution >= 0.6 is 23.4 Å². The van der Waals surface area contributed by atoms with Crippen molar-refractivity contribution in [2.45, 2.75) is 36.3 Å². The Morgan fingerprint density at radius 1 is 1.03 bits per heavy atom. The Hall–Kier alpha value is -3.13. The molecule has 1 saturated heterocycles. The molecule has 1 aliphatic heterocycles. The number of hydrogen-bond acceptors (Lipinski definition) is 6. The van der Waals surface area contributed by atoms with E-state index >= 15 is 0 Å². The molecule has 4 rings (SSSR count). The van der Waals surface area contributed by atoms with Gasteiger partial charge in [0.2, 0.25) is 0 Å². The lowest BCUT2D eigenvalue weighted by molar-refractivity contribution is 0.0909. The van der Waals surface area contributed by atoms with Crippen LogP contribution in [-0.4, -0.2) is 53.0 Å². The van der Waals surface area contributed by atoms with Crippen molar-refractivity contribution in [2.75, 3.05) is 31.1 Å². The minimum Gasteiger partial charge on any atom is -0.349 e. The normalized spacial score (nSPS) is 14.1. The molecule has 3 aromatic rings. The van der Waals surface area contributed by atoms with E-state index in [0.29, 0.717) is 34.7 Å². The average molecular weight is 548 g/mol. The lowest BCUT2D eigenvalue weighted by Gasteiger charge is -2.32. The van der Waals surface area contributed by atoms with Crippen LogP contribution in [0.3, 0.4) is 0 Å². The summed E-state index contributed by atoms with van der Waals surface area (Å²) in [4.78, 5) is 26.5. The molecule has 38 heavy (non-hydrogen) atoms. The molecule has 0 radical (unpaired) electrons. The van der Waals surface area contributed by atoms with E-state index in [1.165, 1.54) is 17.3 Å². The average Bonchev–Trinajstić information content (AvgIpc) is 2.93. The molecular weight excluding hydrogens is 514 g/mol. The van der Waals surface area contributed by atoms with Crippen molar-refractivity contribution in [3.8, 4) is 0 Å². The maximum Gasteiger partial charge on any atom is 0.251 e.